The van der Waals surface area contributed by atoms with Crippen LogP contribution in [0, 0.1) is 23.0 Å². The first-order valence-electron chi connectivity index (χ1n) is 20.5. The molecule has 1 saturated heterocycles. The first-order chi connectivity index (χ1) is 31.4. The quantitative estimate of drug-likeness (QED) is 0.0544. The van der Waals surface area contributed by atoms with E-state index in [0.29, 0.717) is 53.6 Å². The van der Waals surface area contributed by atoms with E-state index >= 15 is 4.39 Å². The summed E-state index contributed by atoms with van der Waals surface area (Å²) in [5, 5.41) is 29.6. The van der Waals surface area contributed by atoms with Crippen LogP contribution in [0.25, 0.3) is 10.8 Å². The lowest BCUT2D eigenvalue weighted by molar-refractivity contribution is -0.137. The Bertz CT molecular complexity index is 3060. The second-order valence-corrected chi connectivity index (χ2v) is 16.6. The van der Waals surface area contributed by atoms with Crippen molar-refractivity contribution < 1.29 is 36.3 Å². The van der Waals surface area contributed by atoms with Gasteiger partial charge in [0, 0.05) is 42.5 Å². The zero-order valence-electron chi connectivity index (χ0n) is 35.3. The lowest BCUT2D eigenvalue weighted by Gasteiger charge is -2.33. The molecule has 3 amide bonds. The number of hydrogen-bond donors (Lipinski definition) is 4. The summed E-state index contributed by atoms with van der Waals surface area (Å²) in [6.07, 6.45) is -1.74. The van der Waals surface area contributed by atoms with Crippen LogP contribution in [0.3, 0.4) is 0 Å². The van der Waals surface area contributed by atoms with Crippen LogP contribution < -0.4 is 31.3 Å². The molecule has 338 valence electrons. The number of unbranched alkanes of at least 4 members (excludes halogenated alkanes) is 2. The molecule has 0 saturated carbocycles. The number of thiocarbonyl (C=S) groups is 1. The molecule has 6 aromatic rings. The van der Waals surface area contributed by atoms with Gasteiger partial charge in [-0.2, -0.15) is 28.6 Å². The number of nitrogens with zero attached hydrogens (tertiary/aromatic N) is 7. The number of alkyl halides is 3. The maximum Gasteiger partial charge on any atom is 0.417 e. The summed E-state index contributed by atoms with van der Waals surface area (Å²) >= 11 is 5.52. The van der Waals surface area contributed by atoms with Gasteiger partial charge in [-0.3, -0.25) is 28.8 Å². The van der Waals surface area contributed by atoms with Gasteiger partial charge in [0.25, 0.3) is 17.4 Å². The molecule has 2 aromatic heterocycles. The number of nitrogens with one attached hydrogen (secondary N) is 4. The molecule has 0 radical (unpaired) electrons. The average molecular weight is 924 g/mol. The summed E-state index contributed by atoms with van der Waals surface area (Å²) in [7, 11) is 1.74. The highest BCUT2D eigenvalue weighted by Gasteiger charge is 2.51. The third-order valence-electron chi connectivity index (χ3n) is 11.6. The Morgan fingerprint density at radius 1 is 0.970 bits per heavy atom. The summed E-state index contributed by atoms with van der Waals surface area (Å²) in [6, 6.07) is 17.0. The fourth-order valence-corrected chi connectivity index (χ4v) is 8.86. The van der Waals surface area contributed by atoms with Crippen LogP contribution in [0.15, 0.2) is 83.9 Å². The van der Waals surface area contributed by atoms with Gasteiger partial charge >= 0.3 is 6.18 Å². The zero-order chi connectivity index (χ0) is 47.2. The molecule has 4 aromatic carbocycles. The average Bonchev–Trinajstić information content (AvgIpc) is 3.77. The molecule has 15 nitrogen and oxygen atoms in total. The molecule has 2 aliphatic rings. The lowest BCUT2D eigenvalue weighted by atomic mass is 9.83. The SMILES string of the molecule is Cn1ncnc1[C@H]1c2n[nH]c(=O)c3cc(F)cc(c23)NC1c1ccc(NC(=O)CCCCCNC(=O)c2ccc(N3C(=S)N(c4ccc(C#N)c(C(F)(F)F)c4)C(=O)C3(C)C)cc2F)cc1. The Hall–Kier alpha value is -7.60. The van der Waals surface area contributed by atoms with Crippen molar-refractivity contribution in [3.8, 4) is 6.07 Å². The molecule has 4 N–H and O–H groups in total. The van der Waals surface area contributed by atoms with Gasteiger partial charge in [0.2, 0.25) is 5.91 Å². The third-order valence-corrected chi connectivity index (χ3v) is 11.9. The molecular formula is C45H38F5N11O4S. The molecule has 0 aliphatic carbocycles. The number of aromatic amines is 1. The summed E-state index contributed by atoms with van der Waals surface area (Å²) in [5.74, 6) is -3.11. The number of anilines is 4. The summed E-state index contributed by atoms with van der Waals surface area (Å²) in [6.45, 7) is 3.12. The topological polar surface area (TPSA) is 194 Å². The van der Waals surface area contributed by atoms with E-state index in [-0.39, 0.29) is 46.3 Å². The highest BCUT2D eigenvalue weighted by Crippen LogP contribution is 2.46. The van der Waals surface area contributed by atoms with E-state index in [0.717, 1.165) is 22.6 Å². The number of amides is 3. The highest BCUT2D eigenvalue weighted by molar-refractivity contribution is 7.81. The number of aryl methyl sites for hydroxylation is 1. The van der Waals surface area contributed by atoms with E-state index in [1.54, 1.807) is 23.9 Å². The van der Waals surface area contributed by atoms with E-state index in [2.05, 4.69) is 36.2 Å². The maximum absolute atomic E-state index is 15.5. The van der Waals surface area contributed by atoms with Crippen LogP contribution in [0.5, 0.6) is 0 Å². The fraction of sp³-hybridized carbons (Fsp3) is 0.267. The Morgan fingerprint density at radius 2 is 1.71 bits per heavy atom. The Morgan fingerprint density at radius 3 is 2.39 bits per heavy atom. The van der Waals surface area contributed by atoms with Crippen molar-refractivity contribution >= 4 is 68.6 Å². The Labute approximate surface area is 377 Å². The molecule has 2 aliphatic heterocycles. The van der Waals surface area contributed by atoms with Gasteiger partial charge < -0.3 is 20.9 Å². The van der Waals surface area contributed by atoms with Crippen molar-refractivity contribution in [3.63, 3.8) is 0 Å². The zero-order valence-corrected chi connectivity index (χ0v) is 36.1. The molecule has 4 heterocycles. The van der Waals surface area contributed by atoms with Crippen molar-refractivity contribution in [1.29, 1.82) is 5.26 Å². The van der Waals surface area contributed by atoms with E-state index in [1.165, 1.54) is 61.5 Å². The number of halogens is 5. The van der Waals surface area contributed by atoms with Gasteiger partial charge in [0.15, 0.2) is 5.11 Å². The minimum absolute atomic E-state index is 0.0844. The molecule has 21 heteroatoms. The van der Waals surface area contributed by atoms with Crippen molar-refractivity contribution in [1.82, 2.24) is 30.3 Å². The first-order valence-corrected chi connectivity index (χ1v) is 20.9. The van der Waals surface area contributed by atoms with E-state index < -0.39 is 63.8 Å². The molecule has 2 atom stereocenters. The van der Waals surface area contributed by atoms with Crippen LogP contribution in [0.4, 0.5) is 44.7 Å². The number of rotatable bonds is 12. The first kappa shape index (κ1) is 45.0. The van der Waals surface area contributed by atoms with Crippen LogP contribution in [0.2, 0.25) is 0 Å². The number of hydrogen-bond acceptors (Lipinski definition) is 10. The van der Waals surface area contributed by atoms with Crippen molar-refractivity contribution in [2.45, 2.75) is 63.2 Å². The van der Waals surface area contributed by atoms with Crippen LogP contribution in [0.1, 0.15) is 90.1 Å². The summed E-state index contributed by atoms with van der Waals surface area (Å²) in [4.78, 5) is 58.6. The second-order valence-electron chi connectivity index (χ2n) is 16.2. The van der Waals surface area contributed by atoms with E-state index in [1.807, 2.05) is 12.1 Å². The molecular weight excluding hydrogens is 886 g/mol. The maximum atomic E-state index is 15.5. The normalized spacial score (nSPS) is 16.6. The number of nitriles is 1. The molecule has 1 fully saturated rings. The van der Waals surface area contributed by atoms with Crippen LogP contribution in [-0.2, 0) is 22.8 Å². The number of H-pyrrole nitrogens is 1. The lowest BCUT2D eigenvalue weighted by Crippen LogP contribution is -2.44. The minimum Gasteiger partial charge on any atom is -0.376 e. The van der Waals surface area contributed by atoms with Gasteiger partial charge in [0.05, 0.1) is 51.5 Å². The Kier molecular flexibility index (Phi) is 11.9. The highest BCUT2D eigenvalue weighted by atomic mass is 32.1. The number of carbonyl (C=O) groups excluding carboxylic acids is 3. The third kappa shape index (κ3) is 8.30. The summed E-state index contributed by atoms with van der Waals surface area (Å²) < 4.78 is 72.9. The summed E-state index contributed by atoms with van der Waals surface area (Å²) in [5.41, 5.74) is -2.07. The molecule has 0 bridgehead atoms. The molecule has 8 rings (SSSR count). The van der Waals surface area contributed by atoms with Gasteiger partial charge in [0.1, 0.15) is 29.3 Å². The monoisotopic (exact) mass is 923 g/mol. The number of benzene rings is 4. The minimum atomic E-state index is -4.88. The van der Waals surface area contributed by atoms with Crippen LogP contribution >= 0.6 is 12.2 Å². The Balaban J connectivity index is 0.834. The predicted molar refractivity (Wildman–Crippen MR) is 237 cm³/mol. The molecule has 66 heavy (non-hydrogen) atoms. The standard InChI is InChI=1S/C45H38F5N11O4S/c1-44(2)42(65)60(27-13-10-24(21-51)31(19-27)45(48,49)50)43(66)61(44)28-14-15-29(32(47)20-28)40(63)52-16-6-4-5-7-34(62)55-26-11-8-23(9-12-26)37-36(39-53-22-54-59(39)3)38-35-30(41(64)58-57-38)17-25(46)18-33(35)56-37/h8-15,17-20,22,36-37,56H,4-7,16H2,1-3H3,(H,52,63)(H,55,62)(H,58,64)/t36-,37?/m1/s1. The largest absolute Gasteiger partial charge is 0.417 e. The molecule has 0 spiro atoms. The van der Waals surface area contributed by atoms with Gasteiger partial charge in [-0.1, -0.05) is 18.6 Å². The van der Waals surface area contributed by atoms with Crippen LogP contribution in [-0.4, -0.2) is 59.9 Å². The second kappa shape index (κ2) is 17.4. The van der Waals surface area contributed by atoms with E-state index in [9.17, 15) is 42.0 Å². The molecule has 1 unspecified atom stereocenters. The van der Waals surface area contributed by atoms with Crippen molar-refractivity contribution in [2.24, 2.45) is 7.05 Å². The van der Waals surface area contributed by atoms with Crippen molar-refractivity contribution in [3.05, 3.63) is 135 Å². The van der Waals surface area contributed by atoms with Gasteiger partial charge in [-0.25, -0.2) is 18.9 Å². The van der Waals surface area contributed by atoms with Gasteiger partial charge in [-0.15, -0.1) is 0 Å². The fourth-order valence-electron chi connectivity index (χ4n) is 8.34. The van der Waals surface area contributed by atoms with Crippen molar-refractivity contribution in [2.75, 3.05) is 27.0 Å². The van der Waals surface area contributed by atoms with Gasteiger partial charge in [-0.05, 0) is 105 Å². The number of carbonyl (C=O) groups is 3. The van der Waals surface area contributed by atoms with E-state index in [4.69, 9.17) is 12.2 Å². The smallest absolute Gasteiger partial charge is 0.376 e. The number of aromatic nitrogens is 5. The predicted octanol–water partition coefficient (Wildman–Crippen LogP) is 7.36.